The van der Waals surface area contributed by atoms with Gasteiger partial charge in [0.25, 0.3) is 5.91 Å². The van der Waals surface area contributed by atoms with E-state index in [4.69, 9.17) is 9.47 Å². The highest BCUT2D eigenvalue weighted by atomic mass is 16.7. The van der Waals surface area contributed by atoms with Crippen molar-refractivity contribution in [1.82, 2.24) is 0 Å². The molecule has 1 aromatic rings. The van der Waals surface area contributed by atoms with E-state index in [9.17, 15) is 19.8 Å². The molecule has 2 N–H and O–H groups in total. The molecule has 0 bridgehead atoms. The van der Waals surface area contributed by atoms with Gasteiger partial charge in [-0.15, -0.1) is 0 Å². The van der Waals surface area contributed by atoms with Crippen LogP contribution in [-0.2, 0) is 14.3 Å². The molecular formula is C19H15NO6. The maximum atomic E-state index is 12.0. The fraction of sp³-hybridized carbons (Fsp3) is 0.211. The van der Waals surface area contributed by atoms with Crippen LogP contribution in [-0.4, -0.2) is 46.5 Å². The van der Waals surface area contributed by atoms with E-state index in [0.717, 1.165) is 0 Å². The summed E-state index contributed by atoms with van der Waals surface area (Å²) < 4.78 is 10.7. The minimum atomic E-state index is -1.92. The van der Waals surface area contributed by atoms with Gasteiger partial charge in [0.05, 0.1) is 22.8 Å². The number of fused-ring (bicyclic) bond motifs is 3. The topological polar surface area (TPSA) is 105 Å². The molecule has 1 aliphatic carbocycles. The molecule has 26 heavy (non-hydrogen) atoms. The lowest BCUT2D eigenvalue weighted by Crippen LogP contribution is -2.31. The van der Waals surface area contributed by atoms with E-state index in [0.29, 0.717) is 16.8 Å². The molecule has 3 atom stereocenters. The number of hydrogen-bond donors (Lipinski definition) is 2. The number of aliphatic carboxylic acids is 1. The van der Waals surface area contributed by atoms with Crippen LogP contribution < -0.4 is 0 Å². The lowest BCUT2D eigenvalue weighted by molar-refractivity contribution is -0.176. The summed E-state index contributed by atoms with van der Waals surface area (Å²) >= 11 is 0. The number of carboxylic acids is 1. The molecule has 2 heterocycles. The van der Waals surface area contributed by atoms with Crippen molar-refractivity contribution in [2.75, 3.05) is 6.61 Å². The van der Waals surface area contributed by atoms with Crippen molar-refractivity contribution < 1.29 is 29.3 Å². The number of carbonyl (C=O) groups excluding carboxylic acids is 1. The lowest BCUT2D eigenvalue weighted by Gasteiger charge is -2.20. The number of ether oxygens (including phenoxy) is 2. The van der Waals surface area contributed by atoms with E-state index in [1.807, 2.05) is 0 Å². The van der Waals surface area contributed by atoms with Crippen molar-refractivity contribution in [3.05, 3.63) is 71.3 Å². The first kappa shape index (κ1) is 16.4. The lowest BCUT2D eigenvalue weighted by atomic mass is 9.84. The number of carbonyl (C=O) groups is 2. The number of hydrogen-bond acceptors (Lipinski definition) is 6. The van der Waals surface area contributed by atoms with Gasteiger partial charge in [-0.2, -0.15) is 0 Å². The van der Waals surface area contributed by atoms with Gasteiger partial charge in [-0.1, -0.05) is 30.4 Å². The number of nitrogens with zero attached hydrogens (tertiary/aromatic N) is 1. The highest BCUT2D eigenvalue weighted by Gasteiger charge is 2.53. The molecule has 132 valence electrons. The second-order valence-electron chi connectivity index (χ2n) is 6.11. The molecule has 0 radical (unpaired) electrons. The van der Waals surface area contributed by atoms with Crippen LogP contribution in [0.3, 0.4) is 0 Å². The fourth-order valence-corrected chi connectivity index (χ4v) is 3.30. The van der Waals surface area contributed by atoms with Crippen LogP contribution in [0.4, 0.5) is 0 Å². The monoisotopic (exact) mass is 353 g/mol. The maximum Gasteiger partial charge on any atom is 0.338 e. The van der Waals surface area contributed by atoms with Crippen molar-refractivity contribution >= 4 is 17.7 Å². The van der Waals surface area contributed by atoms with Crippen molar-refractivity contribution in [2.24, 2.45) is 10.9 Å². The molecule has 2 aliphatic heterocycles. The number of benzene rings is 1. The fourth-order valence-electron chi connectivity index (χ4n) is 3.30. The number of esters is 1. The Kier molecular flexibility index (Phi) is 3.82. The van der Waals surface area contributed by atoms with Gasteiger partial charge < -0.3 is 19.7 Å². The predicted molar refractivity (Wildman–Crippen MR) is 90.4 cm³/mol. The van der Waals surface area contributed by atoms with Crippen LogP contribution in [0.1, 0.15) is 10.4 Å². The van der Waals surface area contributed by atoms with Crippen molar-refractivity contribution in [1.29, 1.82) is 0 Å². The van der Waals surface area contributed by atoms with Gasteiger partial charge in [-0.05, 0) is 24.3 Å². The maximum absolute atomic E-state index is 12.0. The molecule has 3 aliphatic rings. The van der Waals surface area contributed by atoms with Gasteiger partial charge in [0.1, 0.15) is 12.7 Å². The average Bonchev–Trinajstić information content (AvgIpc) is 3.09. The third-order valence-corrected chi connectivity index (χ3v) is 4.43. The number of carboxylic acid groups (broad SMARTS) is 1. The first-order valence-electron chi connectivity index (χ1n) is 8.04. The zero-order valence-corrected chi connectivity index (χ0v) is 13.5. The Morgan fingerprint density at radius 3 is 2.77 bits per heavy atom. The third-order valence-electron chi connectivity index (χ3n) is 4.43. The second kappa shape index (κ2) is 6.05. The van der Waals surface area contributed by atoms with Gasteiger partial charge in [-0.25, -0.2) is 14.6 Å². The normalized spacial score (nSPS) is 28.6. The largest absolute Gasteiger partial charge is 0.478 e. The molecule has 4 rings (SSSR count). The standard InChI is InChI=1S/C19H15NO6/c21-17(22)13-7-4-8-15-16(13)14-9-12(26-19(14,24)20-15)10-25-18(23)11-5-2-1-3-6-11/h1-9,12,16,24H,10H2,(H,21,22). The zero-order valence-electron chi connectivity index (χ0n) is 13.5. The highest BCUT2D eigenvalue weighted by molar-refractivity contribution is 6.10. The summed E-state index contributed by atoms with van der Waals surface area (Å²) in [6.07, 6.45) is 5.55. The molecule has 0 spiro atoms. The van der Waals surface area contributed by atoms with Crippen LogP contribution >= 0.6 is 0 Å². The van der Waals surface area contributed by atoms with E-state index in [1.165, 1.54) is 6.08 Å². The third kappa shape index (κ3) is 2.67. The summed E-state index contributed by atoms with van der Waals surface area (Å²) in [7, 11) is 0. The van der Waals surface area contributed by atoms with Crippen molar-refractivity contribution in [3.8, 4) is 0 Å². The van der Waals surface area contributed by atoms with Crippen LogP contribution in [0.15, 0.2) is 70.8 Å². The predicted octanol–water partition coefficient (Wildman–Crippen LogP) is 1.47. The van der Waals surface area contributed by atoms with Crippen molar-refractivity contribution in [3.63, 3.8) is 0 Å². The first-order chi connectivity index (χ1) is 12.5. The van der Waals surface area contributed by atoms with E-state index < -0.39 is 29.9 Å². The zero-order chi connectivity index (χ0) is 18.3. The Balaban J connectivity index is 1.50. The summed E-state index contributed by atoms with van der Waals surface area (Å²) in [4.78, 5) is 27.6. The Morgan fingerprint density at radius 1 is 1.27 bits per heavy atom. The summed E-state index contributed by atoms with van der Waals surface area (Å²) in [5, 5.41) is 20.0. The van der Waals surface area contributed by atoms with E-state index >= 15 is 0 Å². The molecule has 0 aromatic heterocycles. The van der Waals surface area contributed by atoms with Gasteiger partial charge in [0.15, 0.2) is 0 Å². The minimum absolute atomic E-state index is 0.110. The Morgan fingerprint density at radius 2 is 2.04 bits per heavy atom. The molecule has 1 aromatic carbocycles. The van der Waals surface area contributed by atoms with E-state index in [2.05, 4.69) is 4.99 Å². The molecule has 0 saturated carbocycles. The summed E-state index contributed by atoms with van der Waals surface area (Å²) in [6.45, 7) is -0.112. The number of allylic oxidation sites excluding steroid dienone is 3. The molecule has 3 unspecified atom stereocenters. The minimum Gasteiger partial charge on any atom is -0.478 e. The van der Waals surface area contributed by atoms with Gasteiger partial charge in [0.2, 0.25) is 0 Å². The van der Waals surface area contributed by atoms with Crippen LogP contribution in [0.2, 0.25) is 0 Å². The van der Waals surface area contributed by atoms with E-state index in [1.54, 1.807) is 48.6 Å². The number of aliphatic imine (C=N–C) groups is 1. The van der Waals surface area contributed by atoms with Gasteiger partial charge in [-0.3, -0.25) is 0 Å². The van der Waals surface area contributed by atoms with Crippen molar-refractivity contribution in [2.45, 2.75) is 12.0 Å². The van der Waals surface area contributed by atoms with E-state index in [-0.39, 0.29) is 12.2 Å². The van der Waals surface area contributed by atoms with Crippen LogP contribution in [0.5, 0.6) is 0 Å². The summed E-state index contributed by atoms with van der Waals surface area (Å²) in [6, 6.07) is 8.51. The van der Waals surface area contributed by atoms with Gasteiger partial charge >= 0.3 is 11.9 Å². The smallest absolute Gasteiger partial charge is 0.338 e. The average molecular weight is 353 g/mol. The second-order valence-corrected chi connectivity index (χ2v) is 6.11. The summed E-state index contributed by atoms with van der Waals surface area (Å²) in [5.74, 6) is -4.19. The molecule has 0 fully saturated rings. The van der Waals surface area contributed by atoms with Crippen LogP contribution in [0, 0.1) is 5.92 Å². The highest BCUT2D eigenvalue weighted by Crippen LogP contribution is 2.45. The Bertz CT molecular complexity index is 898. The number of aliphatic hydroxyl groups is 1. The van der Waals surface area contributed by atoms with Gasteiger partial charge in [0, 0.05) is 5.57 Å². The molecule has 0 amide bonds. The molecule has 7 heteroatoms. The Labute approximate surface area is 148 Å². The van der Waals surface area contributed by atoms with Crippen LogP contribution in [0.25, 0.3) is 0 Å². The molecular weight excluding hydrogens is 338 g/mol. The first-order valence-corrected chi connectivity index (χ1v) is 8.04. The molecule has 7 nitrogen and oxygen atoms in total. The number of rotatable bonds is 4. The SMILES string of the molecule is O=C(O)C1=CC=CC2=NC3(O)OC(COC(=O)c4ccccc4)C=C3C12. The Hall–Kier alpha value is -3.03. The quantitative estimate of drug-likeness (QED) is 0.627. The summed E-state index contributed by atoms with van der Waals surface area (Å²) in [5.41, 5.74) is 1.29. The molecule has 0 saturated heterocycles.